The van der Waals surface area contributed by atoms with E-state index in [1.54, 1.807) is 26.0 Å². The fourth-order valence-electron chi connectivity index (χ4n) is 9.22. The number of allylic oxidation sites excluding steroid dienone is 2. The van der Waals surface area contributed by atoms with Crippen LogP contribution in [0.2, 0.25) is 20.1 Å². The third-order valence-corrected chi connectivity index (χ3v) is 12.9. The van der Waals surface area contributed by atoms with E-state index < -0.39 is 12.1 Å². The number of benzene rings is 4. The first kappa shape index (κ1) is 46.9. The lowest BCUT2D eigenvalue weighted by Gasteiger charge is -2.47. The quantitative estimate of drug-likeness (QED) is 0.118. The summed E-state index contributed by atoms with van der Waals surface area (Å²) in [7, 11) is 0. The van der Waals surface area contributed by atoms with Gasteiger partial charge in [-0.15, -0.1) is 13.2 Å². The van der Waals surface area contributed by atoms with Crippen LogP contribution in [0.1, 0.15) is 112 Å². The van der Waals surface area contributed by atoms with Crippen molar-refractivity contribution in [1.82, 2.24) is 9.80 Å². The van der Waals surface area contributed by atoms with Gasteiger partial charge in [-0.2, -0.15) is 0 Å². The Morgan fingerprint density at radius 1 is 0.583 bits per heavy atom. The van der Waals surface area contributed by atoms with Gasteiger partial charge in [-0.25, -0.2) is 0 Å². The van der Waals surface area contributed by atoms with E-state index >= 15 is 0 Å². The van der Waals surface area contributed by atoms with E-state index in [4.69, 9.17) is 46.4 Å². The van der Waals surface area contributed by atoms with Crippen LogP contribution in [0.5, 0.6) is 0 Å². The monoisotopic (exact) mass is 886 g/mol. The SMILES string of the molecule is C=CC[C@@H]1C[C@H](c2cccc(Cl)c2)[C@@H](c2ccc(Cl)cc2)N([C@@H](CC)C(C)=O)C1=O.C=CC[C@H]1C[C@H](c2cccc(Cl)c2)[C@@H](c2ccc(Cl)cc2)N([C@@H](CC)C(C)=O)C1=O. The molecule has 0 spiro atoms. The van der Waals surface area contributed by atoms with Gasteiger partial charge >= 0.3 is 0 Å². The van der Waals surface area contributed by atoms with Gasteiger partial charge in [-0.1, -0.05) is 121 Å². The number of hydrogen-bond acceptors (Lipinski definition) is 4. The van der Waals surface area contributed by atoms with E-state index in [0.29, 0.717) is 58.6 Å². The lowest BCUT2D eigenvalue weighted by molar-refractivity contribution is -0.151. The molecule has 2 heterocycles. The number of amides is 2. The standard InChI is InChI=1S/2C25H27Cl2NO2/c2*1-4-7-19-15-22(18-8-6-9-21(27)14-18)24(17-10-12-20(26)13-11-17)28(25(19)30)23(5-2)16(3)29/h2*4,6,8-14,19,22-24H,1,5,7,15H2,2-3H3/t19-,22+,23-,24+;19-,22-,23+,24-/m01/s1. The summed E-state index contributed by atoms with van der Waals surface area (Å²) in [4.78, 5) is 55.9. The van der Waals surface area contributed by atoms with Crippen LogP contribution in [0, 0.1) is 11.8 Å². The lowest BCUT2D eigenvalue weighted by Crippen LogP contribution is -2.53. The smallest absolute Gasteiger partial charge is 0.227 e. The van der Waals surface area contributed by atoms with Crippen LogP contribution in [0.25, 0.3) is 0 Å². The van der Waals surface area contributed by atoms with Crippen molar-refractivity contribution in [3.63, 3.8) is 0 Å². The van der Waals surface area contributed by atoms with Crippen molar-refractivity contribution >= 4 is 69.8 Å². The van der Waals surface area contributed by atoms with Gasteiger partial charge < -0.3 is 9.80 Å². The molecule has 10 heteroatoms. The maximum atomic E-state index is 13.6. The lowest BCUT2D eigenvalue weighted by atomic mass is 9.74. The minimum atomic E-state index is -0.479. The summed E-state index contributed by atoms with van der Waals surface area (Å²) in [5.74, 6) is -0.429. The number of likely N-dealkylation sites (tertiary alicyclic amines) is 2. The van der Waals surface area contributed by atoms with Crippen LogP contribution >= 0.6 is 46.4 Å². The van der Waals surface area contributed by atoms with Crippen molar-refractivity contribution in [2.45, 2.75) is 102 Å². The molecule has 0 bridgehead atoms. The highest BCUT2D eigenvalue weighted by Gasteiger charge is 2.47. The molecule has 2 aliphatic rings. The number of piperidine rings is 2. The number of rotatable bonds is 14. The maximum absolute atomic E-state index is 13.6. The summed E-state index contributed by atoms with van der Waals surface area (Å²) < 4.78 is 0. The predicted molar refractivity (Wildman–Crippen MR) is 246 cm³/mol. The zero-order valence-electron chi connectivity index (χ0n) is 34.7. The van der Waals surface area contributed by atoms with Gasteiger partial charge in [0, 0.05) is 43.8 Å². The van der Waals surface area contributed by atoms with Crippen molar-refractivity contribution < 1.29 is 19.2 Å². The van der Waals surface area contributed by atoms with E-state index in [9.17, 15) is 19.2 Å². The largest absolute Gasteiger partial charge is 0.325 e. The Hall–Kier alpha value is -4.20. The van der Waals surface area contributed by atoms with E-state index in [0.717, 1.165) is 22.3 Å². The number of carbonyl (C=O) groups excluding carboxylic acids is 4. The Balaban J connectivity index is 0.000000228. The molecule has 6 rings (SSSR count). The van der Waals surface area contributed by atoms with Crippen LogP contribution in [0.3, 0.4) is 0 Å². The highest BCUT2D eigenvalue weighted by Crippen LogP contribution is 2.49. The number of nitrogens with zero attached hydrogens (tertiary/aromatic N) is 2. The maximum Gasteiger partial charge on any atom is 0.227 e. The molecule has 0 N–H and O–H groups in total. The minimum absolute atomic E-state index is 0.000857. The van der Waals surface area contributed by atoms with Gasteiger partial charge in [0.1, 0.15) is 0 Å². The first-order valence-electron chi connectivity index (χ1n) is 20.6. The highest BCUT2D eigenvalue weighted by molar-refractivity contribution is 6.31. The number of ketones is 2. The summed E-state index contributed by atoms with van der Waals surface area (Å²) in [6, 6.07) is 29.2. The van der Waals surface area contributed by atoms with E-state index in [1.807, 2.05) is 121 Å². The molecule has 2 fully saturated rings. The summed E-state index contributed by atoms with van der Waals surface area (Å²) in [5.41, 5.74) is 4.06. The molecule has 0 radical (unpaired) electrons. The summed E-state index contributed by atoms with van der Waals surface area (Å²) in [6.07, 6.45) is 7.19. The number of hydrogen-bond donors (Lipinski definition) is 0. The van der Waals surface area contributed by atoms with Crippen LogP contribution < -0.4 is 0 Å². The average molecular weight is 889 g/mol. The Morgan fingerprint density at radius 2 is 0.933 bits per heavy atom. The second-order valence-corrected chi connectivity index (χ2v) is 17.5. The number of halogens is 4. The molecule has 4 aromatic rings. The topological polar surface area (TPSA) is 74.8 Å². The predicted octanol–water partition coefficient (Wildman–Crippen LogP) is 13.2. The number of carbonyl (C=O) groups is 4. The molecule has 2 aliphatic heterocycles. The van der Waals surface area contributed by atoms with Crippen molar-refractivity contribution in [2.24, 2.45) is 11.8 Å². The molecule has 0 aromatic heterocycles. The molecule has 0 unspecified atom stereocenters. The first-order valence-corrected chi connectivity index (χ1v) is 22.1. The second kappa shape index (κ2) is 21.5. The molecule has 4 aromatic carbocycles. The van der Waals surface area contributed by atoms with E-state index in [1.165, 1.54) is 0 Å². The number of Topliss-reactive ketones (excluding diaryl/α,β-unsaturated/α-hetero) is 2. The zero-order valence-corrected chi connectivity index (χ0v) is 37.7. The molecule has 0 aliphatic carbocycles. The van der Waals surface area contributed by atoms with Crippen molar-refractivity contribution in [3.05, 3.63) is 165 Å². The van der Waals surface area contributed by atoms with Crippen molar-refractivity contribution in [1.29, 1.82) is 0 Å². The summed E-state index contributed by atoms with van der Waals surface area (Å²) >= 11 is 24.9. The van der Waals surface area contributed by atoms with E-state index in [2.05, 4.69) is 13.2 Å². The third-order valence-electron chi connectivity index (χ3n) is 11.9. The fraction of sp³-hybridized carbons (Fsp3) is 0.360. The van der Waals surface area contributed by atoms with Crippen molar-refractivity contribution in [3.8, 4) is 0 Å². The van der Waals surface area contributed by atoms with Gasteiger partial charge in [-0.3, -0.25) is 19.2 Å². The zero-order chi connectivity index (χ0) is 43.7. The average Bonchev–Trinajstić information content (AvgIpc) is 3.22. The summed E-state index contributed by atoms with van der Waals surface area (Å²) in [5, 5.41) is 2.58. The molecule has 2 saturated heterocycles. The molecule has 2 amide bonds. The van der Waals surface area contributed by atoms with Crippen LogP contribution in [-0.2, 0) is 19.2 Å². The van der Waals surface area contributed by atoms with Gasteiger partial charge in [0.05, 0.1) is 24.2 Å². The molecule has 316 valence electrons. The molecule has 0 saturated carbocycles. The normalized spacial score (nSPS) is 22.6. The first-order chi connectivity index (χ1) is 28.7. The fourth-order valence-corrected chi connectivity index (χ4v) is 9.87. The molecule has 8 atom stereocenters. The van der Waals surface area contributed by atoms with Gasteiger partial charge in [0.15, 0.2) is 11.6 Å². The van der Waals surface area contributed by atoms with Crippen LogP contribution in [0.4, 0.5) is 0 Å². The second-order valence-electron chi connectivity index (χ2n) is 15.8. The molecule has 6 nitrogen and oxygen atoms in total. The molecule has 60 heavy (non-hydrogen) atoms. The van der Waals surface area contributed by atoms with Gasteiger partial charge in [0.25, 0.3) is 0 Å². The Labute approximate surface area is 375 Å². The Morgan fingerprint density at radius 3 is 1.22 bits per heavy atom. The molecular formula is C50H54Cl4N2O4. The minimum Gasteiger partial charge on any atom is -0.325 e. The molecular weight excluding hydrogens is 834 g/mol. The van der Waals surface area contributed by atoms with Gasteiger partial charge in [0.2, 0.25) is 11.8 Å². The Bertz CT molecular complexity index is 2000. The summed E-state index contributed by atoms with van der Waals surface area (Å²) in [6.45, 7) is 14.7. The highest BCUT2D eigenvalue weighted by atomic mass is 35.5. The third kappa shape index (κ3) is 10.8. The van der Waals surface area contributed by atoms with Crippen molar-refractivity contribution in [2.75, 3.05) is 0 Å². The van der Waals surface area contributed by atoms with Gasteiger partial charge in [-0.05, 0) is 123 Å². The van der Waals surface area contributed by atoms with Crippen LogP contribution in [-0.4, -0.2) is 45.3 Å². The Kier molecular flexibility index (Phi) is 16.8. The van der Waals surface area contributed by atoms with Crippen LogP contribution in [0.15, 0.2) is 122 Å². The van der Waals surface area contributed by atoms with E-state index in [-0.39, 0.29) is 59.1 Å².